The number of rotatable bonds is 3. The van der Waals surface area contributed by atoms with Gasteiger partial charge in [-0.1, -0.05) is 0 Å². The Hall–Kier alpha value is -3.00. The van der Waals surface area contributed by atoms with Crippen molar-refractivity contribution in [2.45, 2.75) is 0 Å². The highest BCUT2D eigenvalue weighted by Crippen LogP contribution is 2.41. The van der Waals surface area contributed by atoms with Crippen molar-refractivity contribution in [3.8, 4) is 28.1 Å². The van der Waals surface area contributed by atoms with Gasteiger partial charge in [-0.15, -0.1) is 11.3 Å². The standard InChI is InChI=1S/C16H11FN4O2S/c1-23-11-4-9(17)2-3-10(11)12-13(8-5-19-20-6-8)21-16(22)14-15(12)24-7-18-14/h2-7H,1H3,(H,19,20)(H,21,22). The molecular formula is C16H11FN4O2S. The van der Waals surface area contributed by atoms with Crippen LogP contribution in [-0.4, -0.2) is 27.3 Å². The summed E-state index contributed by atoms with van der Waals surface area (Å²) in [5.41, 5.74) is 4.35. The fourth-order valence-electron chi connectivity index (χ4n) is 2.67. The van der Waals surface area contributed by atoms with Crippen LogP contribution < -0.4 is 10.3 Å². The first-order valence-corrected chi connectivity index (χ1v) is 7.89. The molecule has 3 aromatic heterocycles. The summed E-state index contributed by atoms with van der Waals surface area (Å²) in [4.78, 5) is 19.3. The molecule has 0 aliphatic rings. The highest BCUT2D eigenvalue weighted by molar-refractivity contribution is 7.17. The molecule has 24 heavy (non-hydrogen) atoms. The number of nitrogens with one attached hydrogen (secondary N) is 2. The molecule has 0 saturated carbocycles. The summed E-state index contributed by atoms with van der Waals surface area (Å²) in [5, 5.41) is 6.67. The van der Waals surface area contributed by atoms with Crippen LogP contribution in [0.4, 0.5) is 4.39 Å². The summed E-state index contributed by atoms with van der Waals surface area (Å²) in [6.07, 6.45) is 3.29. The molecule has 0 aliphatic carbocycles. The van der Waals surface area contributed by atoms with Crippen molar-refractivity contribution < 1.29 is 9.13 Å². The third kappa shape index (κ3) is 2.19. The summed E-state index contributed by atoms with van der Waals surface area (Å²) in [6, 6.07) is 4.30. The lowest BCUT2D eigenvalue weighted by molar-refractivity contribution is 0.413. The van der Waals surface area contributed by atoms with Gasteiger partial charge in [-0.25, -0.2) is 9.37 Å². The van der Waals surface area contributed by atoms with E-state index in [0.717, 1.165) is 5.56 Å². The smallest absolute Gasteiger partial charge is 0.275 e. The number of nitrogens with zero attached hydrogens (tertiary/aromatic N) is 2. The first-order chi connectivity index (χ1) is 11.7. The van der Waals surface area contributed by atoms with E-state index in [4.69, 9.17) is 4.74 Å². The number of methoxy groups -OCH3 is 1. The molecule has 0 spiro atoms. The number of fused-ring (bicyclic) bond motifs is 1. The zero-order valence-corrected chi connectivity index (χ0v) is 13.3. The first kappa shape index (κ1) is 14.6. The highest BCUT2D eigenvalue weighted by Gasteiger charge is 2.20. The zero-order chi connectivity index (χ0) is 16.7. The second-order valence-corrected chi connectivity index (χ2v) is 5.92. The van der Waals surface area contributed by atoms with Crippen molar-refractivity contribution in [2.75, 3.05) is 7.11 Å². The Labute approximate surface area is 139 Å². The second kappa shape index (κ2) is 5.57. The number of aromatic nitrogens is 4. The second-order valence-electron chi connectivity index (χ2n) is 5.07. The van der Waals surface area contributed by atoms with E-state index < -0.39 is 5.82 Å². The number of aromatic amines is 2. The van der Waals surface area contributed by atoms with E-state index in [2.05, 4.69) is 20.2 Å². The van der Waals surface area contributed by atoms with Gasteiger partial charge in [0.25, 0.3) is 5.56 Å². The largest absolute Gasteiger partial charge is 0.496 e. The van der Waals surface area contributed by atoms with E-state index >= 15 is 0 Å². The molecule has 2 N–H and O–H groups in total. The number of hydrogen-bond donors (Lipinski definition) is 2. The van der Waals surface area contributed by atoms with Gasteiger partial charge in [0.2, 0.25) is 0 Å². The van der Waals surface area contributed by atoms with E-state index in [1.807, 2.05) is 0 Å². The number of H-pyrrole nitrogens is 2. The van der Waals surface area contributed by atoms with Crippen LogP contribution in [-0.2, 0) is 0 Å². The van der Waals surface area contributed by atoms with Gasteiger partial charge in [-0.2, -0.15) is 5.10 Å². The van der Waals surface area contributed by atoms with Gasteiger partial charge in [0.15, 0.2) is 0 Å². The van der Waals surface area contributed by atoms with Crippen molar-refractivity contribution >= 4 is 21.6 Å². The highest BCUT2D eigenvalue weighted by atomic mass is 32.1. The van der Waals surface area contributed by atoms with E-state index in [9.17, 15) is 9.18 Å². The van der Waals surface area contributed by atoms with E-state index in [1.165, 1.54) is 30.6 Å². The van der Waals surface area contributed by atoms with Gasteiger partial charge in [-0.05, 0) is 12.1 Å². The van der Waals surface area contributed by atoms with Crippen LogP contribution in [0.25, 0.3) is 32.6 Å². The predicted octanol–water partition coefficient (Wildman–Crippen LogP) is 3.19. The number of thiazole rings is 1. The molecule has 4 aromatic rings. The molecule has 0 amide bonds. The lowest BCUT2D eigenvalue weighted by atomic mass is 9.99. The normalized spacial score (nSPS) is 11.1. The Morgan fingerprint density at radius 1 is 1.33 bits per heavy atom. The third-order valence-electron chi connectivity index (χ3n) is 3.72. The van der Waals surface area contributed by atoms with Gasteiger partial charge in [0.1, 0.15) is 17.1 Å². The molecule has 0 unspecified atom stereocenters. The van der Waals surface area contributed by atoms with Crippen molar-refractivity contribution in [3.05, 3.63) is 52.3 Å². The summed E-state index contributed by atoms with van der Waals surface area (Å²) >= 11 is 1.35. The molecule has 0 aliphatic heterocycles. The SMILES string of the molecule is COc1cc(F)ccc1-c1c(-c2cn[nH]c2)[nH]c(=O)c2ncsc12. The van der Waals surface area contributed by atoms with Crippen LogP contribution in [0.5, 0.6) is 5.75 Å². The van der Waals surface area contributed by atoms with Gasteiger partial charge in [-0.3, -0.25) is 9.89 Å². The number of pyridine rings is 1. The molecule has 4 rings (SSSR count). The van der Waals surface area contributed by atoms with E-state index in [1.54, 1.807) is 24.0 Å². The molecule has 0 fully saturated rings. The molecule has 0 saturated heterocycles. The average Bonchev–Trinajstić information content (AvgIpc) is 3.27. The summed E-state index contributed by atoms with van der Waals surface area (Å²) in [7, 11) is 1.48. The topological polar surface area (TPSA) is 83.7 Å². The number of benzene rings is 1. The van der Waals surface area contributed by atoms with Crippen molar-refractivity contribution in [3.63, 3.8) is 0 Å². The maximum absolute atomic E-state index is 13.6. The molecule has 3 heterocycles. The maximum atomic E-state index is 13.6. The van der Waals surface area contributed by atoms with Crippen LogP contribution in [0.3, 0.4) is 0 Å². The maximum Gasteiger partial charge on any atom is 0.275 e. The van der Waals surface area contributed by atoms with Crippen molar-refractivity contribution in [2.24, 2.45) is 0 Å². The minimum absolute atomic E-state index is 0.285. The predicted molar refractivity (Wildman–Crippen MR) is 89.8 cm³/mol. The number of hydrogen-bond acceptors (Lipinski definition) is 5. The molecule has 1 aromatic carbocycles. The Morgan fingerprint density at radius 2 is 2.21 bits per heavy atom. The van der Waals surface area contributed by atoms with Gasteiger partial charge >= 0.3 is 0 Å². The quantitative estimate of drug-likeness (QED) is 0.599. The number of ether oxygens (including phenoxy) is 1. The Balaban J connectivity index is 2.14. The van der Waals surface area contributed by atoms with Crippen LogP contribution >= 0.6 is 11.3 Å². The van der Waals surface area contributed by atoms with Crippen LogP contribution in [0.2, 0.25) is 0 Å². The van der Waals surface area contributed by atoms with E-state index in [0.29, 0.717) is 32.8 Å². The summed E-state index contributed by atoms with van der Waals surface area (Å²) in [5.74, 6) is -0.0214. The molecular weight excluding hydrogens is 331 g/mol. The fraction of sp³-hybridized carbons (Fsp3) is 0.0625. The first-order valence-electron chi connectivity index (χ1n) is 7.01. The number of halogens is 1. The molecule has 8 heteroatoms. The Kier molecular flexibility index (Phi) is 3.39. The monoisotopic (exact) mass is 342 g/mol. The minimum atomic E-state index is -0.398. The average molecular weight is 342 g/mol. The Morgan fingerprint density at radius 3 is 2.96 bits per heavy atom. The summed E-state index contributed by atoms with van der Waals surface area (Å²) < 4.78 is 19.6. The Bertz CT molecular complexity index is 1090. The molecule has 0 bridgehead atoms. The van der Waals surface area contributed by atoms with Crippen LogP contribution in [0, 0.1) is 5.82 Å². The van der Waals surface area contributed by atoms with Crippen molar-refractivity contribution in [1.82, 2.24) is 20.2 Å². The third-order valence-corrected chi connectivity index (χ3v) is 4.56. The molecule has 0 atom stereocenters. The van der Waals surface area contributed by atoms with Crippen molar-refractivity contribution in [1.29, 1.82) is 0 Å². The van der Waals surface area contributed by atoms with Gasteiger partial charge in [0.05, 0.1) is 29.2 Å². The molecule has 6 nitrogen and oxygen atoms in total. The van der Waals surface area contributed by atoms with E-state index in [-0.39, 0.29) is 5.56 Å². The lowest BCUT2D eigenvalue weighted by Crippen LogP contribution is -2.09. The fourth-order valence-corrected chi connectivity index (χ4v) is 3.52. The minimum Gasteiger partial charge on any atom is -0.496 e. The summed E-state index contributed by atoms with van der Waals surface area (Å²) in [6.45, 7) is 0. The molecule has 120 valence electrons. The van der Waals surface area contributed by atoms with Crippen LogP contribution in [0.1, 0.15) is 0 Å². The van der Waals surface area contributed by atoms with Gasteiger partial charge < -0.3 is 9.72 Å². The lowest BCUT2D eigenvalue weighted by Gasteiger charge is -2.13. The van der Waals surface area contributed by atoms with Gasteiger partial charge in [0, 0.05) is 29.0 Å². The van der Waals surface area contributed by atoms with Crippen LogP contribution in [0.15, 0.2) is 40.9 Å². The molecule has 0 radical (unpaired) electrons. The zero-order valence-electron chi connectivity index (χ0n) is 12.5.